The number of amides is 1. The summed E-state index contributed by atoms with van der Waals surface area (Å²) in [5, 5.41) is 4.50. The van der Waals surface area contributed by atoms with Crippen LogP contribution in [0.1, 0.15) is 27.9 Å². The molecular formula is C23H26Cl3N3O. The van der Waals surface area contributed by atoms with Crippen molar-refractivity contribution in [3.8, 4) is 0 Å². The maximum Gasteiger partial charge on any atom is 0.251 e. The molecule has 0 spiro atoms. The molecule has 1 saturated heterocycles. The lowest BCUT2D eigenvalue weighted by Gasteiger charge is -2.32. The summed E-state index contributed by atoms with van der Waals surface area (Å²) in [5.74, 6) is -0.0484. The maximum atomic E-state index is 12.4. The van der Waals surface area contributed by atoms with Crippen LogP contribution < -0.4 is 5.32 Å². The van der Waals surface area contributed by atoms with Crippen molar-refractivity contribution in [1.29, 1.82) is 0 Å². The largest absolute Gasteiger partial charge is 0.352 e. The first kappa shape index (κ1) is 23.1. The van der Waals surface area contributed by atoms with Gasteiger partial charge in [0.25, 0.3) is 5.91 Å². The summed E-state index contributed by atoms with van der Waals surface area (Å²) < 4.78 is 0. The summed E-state index contributed by atoms with van der Waals surface area (Å²) in [7, 11) is 2.15. The molecule has 0 unspecified atom stereocenters. The Kier molecular flexibility index (Phi) is 8.61. The quantitative estimate of drug-likeness (QED) is 0.451. The fourth-order valence-corrected chi connectivity index (χ4v) is 4.26. The summed E-state index contributed by atoms with van der Waals surface area (Å²) in [4.78, 5) is 17.1. The number of carbonyl (C=O) groups excluding carboxylic acids is 1. The van der Waals surface area contributed by atoms with Crippen LogP contribution in [-0.2, 0) is 0 Å². The van der Waals surface area contributed by atoms with Gasteiger partial charge < -0.3 is 15.1 Å². The molecule has 1 heterocycles. The van der Waals surface area contributed by atoms with E-state index < -0.39 is 0 Å². The number of halogens is 3. The summed E-state index contributed by atoms with van der Waals surface area (Å²) in [6.07, 6.45) is 4.70. The van der Waals surface area contributed by atoms with Gasteiger partial charge in [0, 0.05) is 48.9 Å². The third-order valence-electron chi connectivity index (χ3n) is 5.19. The lowest BCUT2D eigenvalue weighted by molar-refractivity contribution is 0.0949. The van der Waals surface area contributed by atoms with Crippen LogP contribution in [0, 0.1) is 0 Å². The molecule has 7 heteroatoms. The lowest BCUT2D eigenvalue weighted by atomic mass is 10.1. The van der Waals surface area contributed by atoms with Crippen molar-refractivity contribution in [1.82, 2.24) is 15.1 Å². The van der Waals surface area contributed by atoms with Crippen LogP contribution in [0.4, 0.5) is 0 Å². The number of carbonyl (C=O) groups is 1. The fraction of sp³-hybridized carbons (Fsp3) is 0.348. The van der Waals surface area contributed by atoms with E-state index in [2.05, 4.69) is 22.2 Å². The monoisotopic (exact) mass is 465 g/mol. The van der Waals surface area contributed by atoms with E-state index in [1.165, 1.54) is 0 Å². The number of rotatable bonds is 7. The SMILES string of the molecule is CN1CCN(CCCNC(=O)c2ccc(/C=C/c3c(Cl)cc(Cl)cc3Cl)cc2)CC1. The third-order valence-corrected chi connectivity index (χ3v) is 6.04. The zero-order valence-corrected chi connectivity index (χ0v) is 19.3. The van der Waals surface area contributed by atoms with Gasteiger partial charge in [-0.1, -0.05) is 59.1 Å². The first-order valence-electron chi connectivity index (χ1n) is 10.0. The Morgan fingerprint density at radius 3 is 2.27 bits per heavy atom. The Bertz CT molecular complexity index is 868. The Morgan fingerprint density at radius 1 is 1.00 bits per heavy atom. The predicted molar refractivity (Wildman–Crippen MR) is 128 cm³/mol. The molecular weight excluding hydrogens is 441 g/mol. The highest BCUT2D eigenvalue weighted by Gasteiger charge is 2.13. The molecule has 0 radical (unpaired) electrons. The zero-order chi connectivity index (χ0) is 21.5. The average molecular weight is 467 g/mol. The van der Waals surface area contributed by atoms with Crippen LogP contribution >= 0.6 is 34.8 Å². The molecule has 1 aliphatic rings. The van der Waals surface area contributed by atoms with Gasteiger partial charge in [-0.2, -0.15) is 0 Å². The maximum absolute atomic E-state index is 12.4. The first-order valence-corrected chi connectivity index (χ1v) is 11.2. The summed E-state index contributed by atoms with van der Waals surface area (Å²) in [6.45, 7) is 6.14. The molecule has 2 aromatic carbocycles. The van der Waals surface area contributed by atoms with Gasteiger partial charge in [0.2, 0.25) is 0 Å². The molecule has 0 aliphatic carbocycles. The Hall–Kier alpha value is -1.56. The van der Waals surface area contributed by atoms with E-state index >= 15 is 0 Å². The third kappa shape index (κ3) is 6.73. The van der Waals surface area contributed by atoms with E-state index in [0.29, 0.717) is 32.7 Å². The molecule has 0 aromatic heterocycles. The van der Waals surface area contributed by atoms with Gasteiger partial charge in [-0.25, -0.2) is 0 Å². The molecule has 4 nitrogen and oxygen atoms in total. The molecule has 1 N–H and O–H groups in total. The molecule has 0 saturated carbocycles. The van der Waals surface area contributed by atoms with Crippen molar-refractivity contribution in [3.05, 3.63) is 68.2 Å². The Balaban J connectivity index is 1.47. The first-order chi connectivity index (χ1) is 14.4. The van der Waals surface area contributed by atoms with Crippen molar-refractivity contribution in [2.24, 2.45) is 0 Å². The number of piperazine rings is 1. The van der Waals surface area contributed by atoms with E-state index in [4.69, 9.17) is 34.8 Å². The molecule has 2 aromatic rings. The minimum Gasteiger partial charge on any atom is -0.352 e. The lowest BCUT2D eigenvalue weighted by Crippen LogP contribution is -2.45. The molecule has 3 rings (SSSR count). The molecule has 30 heavy (non-hydrogen) atoms. The van der Waals surface area contributed by atoms with Gasteiger partial charge in [-0.05, 0) is 49.8 Å². The number of nitrogens with one attached hydrogen (secondary N) is 1. The molecule has 0 bridgehead atoms. The van der Waals surface area contributed by atoms with E-state index in [1.807, 2.05) is 36.4 Å². The summed E-state index contributed by atoms with van der Waals surface area (Å²) in [5.41, 5.74) is 2.31. The van der Waals surface area contributed by atoms with E-state index in [1.54, 1.807) is 12.1 Å². The second-order valence-corrected chi connectivity index (χ2v) is 8.74. The minimum absolute atomic E-state index is 0.0484. The second kappa shape index (κ2) is 11.2. The van der Waals surface area contributed by atoms with Crippen molar-refractivity contribution in [3.63, 3.8) is 0 Å². The highest BCUT2D eigenvalue weighted by atomic mass is 35.5. The van der Waals surface area contributed by atoms with Crippen LogP contribution in [0.2, 0.25) is 15.1 Å². The molecule has 1 amide bonds. The average Bonchev–Trinajstić information content (AvgIpc) is 2.72. The van der Waals surface area contributed by atoms with Crippen molar-refractivity contribution >= 4 is 52.9 Å². The summed E-state index contributed by atoms with van der Waals surface area (Å²) >= 11 is 18.4. The number of likely N-dealkylation sites (N-methyl/N-ethyl adjacent to an activating group) is 1. The summed E-state index contributed by atoms with van der Waals surface area (Å²) in [6, 6.07) is 10.7. The molecule has 1 aliphatic heterocycles. The standard InChI is InChI=1S/C23H26Cl3N3O/c1-28-11-13-29(14-12-28)10-2-9-27-23(30)18-6-3-17(4-7-18)5-8-20-21(25)15-19(24)16-22(20)26/h3-8,15-16H,2,9-14H2,1H3,(H,27,30)/b8-5+. The topological polar surface area (TPSA) is 35.6 Å². The van der Waals surface area contributed by atoms with Crippen LogP contribution in [-0.4, -0.2) is 62.0 Å². The highest BCUT2D eigenvalue weighted by molar-refractivity contribution is 6.40. The Labute approximate surface area is 193 Å². The number of hydrogen-bond donors (Lipinski definition) is 1. The van der Waals surface area contributed by atoms with Crippen molar-refractivity contribution in [2.45, 2.75) is 6.42 Å². The van der Waals surface area contributed by atoms with Gasteiger partial charge >= 0.3 is 0 Å². The van der Waals surface area contributed by atoms with E-state index in [9.17, 15) is 4.79 Å². The number of benzene rings is 2. The zero-order valence-electron chi connectivity index (χ0n) is 17.0. The normalized spacial score (nSPS) is 15.6. The Morgan fingerprint density at radius 2 is 1.63 bits per heavy atom. The van der Waals surface area contributed by atoms with Crippen LogP contribution in [0.3, 0.4) is 0 Å². The van der Waals surface area contributed by atoms with Gasteiger partial charge in [-0.15, -0.1) is 0 Å². The second-order valence-electron chi connectivity index (χ2n) is 7.49. The van der Waals surface area contributed by atoms with Crippen molar-refractivity contribution in [2.75, 3.05) is 46.3 Å². The van der Waals surface area contributed by atoms with Gasteiger partial charge in [0.15, 0.2) is 0 Å². The molecule has 1 fully saturated rings. The highest BCUT2D eigenvalue weighted by Crippen LogP contribution is 2.30. The predicted octanol–water partition coefficient (Wildman–Crippen LogP) is 5.18. The van der Waals surface area contributed by atoms with Crippen molar-refractivity contribution < 1.29 is 4.79 Å². The smallest absolute Gasteiger partial charge is 0.251 e. The fourth-order valence-electron chi connectivity index (χ4n) is 3.32. The minimum atomic E-state index is -0.0484. The number of hydrogen-bond acceptors (Lipinski definition) is 3. The van der Waals surface area contributed by atoms with Crippen LogP contribution in [0.5, 0.6) is 0 Å². The molecule has 0 atom stereocenters. The van der Waals surface area contributed by atoms with Gasteiger partial charge in [0.05, 0.1) is 10.0 Å². The number of nitrogens with zero attached hydrogens (tertiary/aromatic N) is 2. The molecule has 160 valence electrons. The van der Waals surface area contributed by atoms with E-state index in [-0.39, 0.29) is 5.91 Å². The van der Waals surface area contributed by atoms with Crippen LogP contribution in [0.25, 0.3) is 12.2 Å². The van der Waals surface area contributed by atoms with Gasteiger partial charge in [-0.3, -0.25) is 4.79 Å². The van der Waals surface area contributed by atoms with Crippen LogP contribution in [0.15, 0.2) is 36.4 Å². The van der Waals surface area contributed by atoms with E-state index in [0.717, 1.165) is 44.7 Å². The van der Waals surface area contributed by atoms with Gasteiger partial charge in [0.1, 0.15) is 0 Å².